The van der Waals surface area contributed by atoms with Crippen molar-refractivity contribution in [3.05, 3.63) is 12.2 Å². The molecule has 1 atom stereocenters. The van der Waals surface area contributed by atoms with Crippen molar-refractivity contribution in [2.24, 2.45) is 0 Å². The standard InChI is InChI=1S/C8H14O2/c1-2-8(10)6-4-3-5-7-9/h4,6-8,10H,2-3,5H2,1H3/b6-4+. The lowest BCUT2D eigenvalue weighted by molar-refractivity contribution is -0.107. The summed E-state index contributed by atoms with van der Waals surface area (Å²) in [4.78, 5) is 9.82. The fourth-order valence-corrected chi connectivity index (χ4v) is 0.554. The molecule has 0 saturated carbocycles. The number of aliphatic hydroxyl groups is 1. The molecule has 0 aromatic rings. The minimum absolute atomic E-state index is 0.341. The zero-order valence-electron chi connectivity index (χ0n) is 6.29. The Bertz CT molecular complexity index is 108. The number of carbonyl (C=O) groups excluding carboxylic acids is 1. The molecule has 1 unspecified atom stereocenters. The average Bonchev–Trinajstić information content (AvgIpc) is 1.98. The van der Waals surface area contributed by atoms with E-state index < -0.39 is 0 Å². The van der Waals surface area contributed by atoms with Gasteiger partial charge in [-0.3, -0.25) is 0 Å². The highest BCUT2D eigenvalue weighted by Crippen LogP contribution is 1.94. The number of rotatable bonds is 5. The molecule has 0 amide bonds. The maximum atomic E-state index is 9.82. The monoisotopic (exact) mass is 142 g/mol. The lowest BCUT2D eigenvalue weighted by Gasteiger charge is -1.96. The van der Waals surface area contributed by atoms with Gasteiger partial charge in [0, 0.05) is 6.42 Å². The first-order valence-corrected chi connectivity index (χ1v) is 3.59. The van der Waals surface area contributed by atoms with Gasteiger partial charge in [0.15, 0.2) is 0 Å². The van der Waals surface area contributed by atoms with E-state index >= 15 is 0 Å². The highest BCUT2D eigenvalue weighted by Gasteiger charge is 1.90. The quantitative estimate of drug-likeness (QED) is 0.357. The molecule has 0 radical (unpaired) electrons. The predicted molar refractivity (Wildman–Crippen MR) is 40.7 cm³/mol. The molecule has 2 nitrogen and oxygen atoms in total. The Labute approximate surface area is 61.6 Å². The number of unbranched alkanes of at least 4 members (excludes halogenated alkanes) is 1. The van der Waals surface area contributed by atoms with E-state index in [2.05, 4.69) is 0 Å². The van der Waals surface area contributed by atoms with Crippen LogP contribution in [0.1, 0.15) is 26.2 Å². The number of allylic oxidation sites excluding steroid dienone is 1. The van der Waals surface area contributed by atoms with Gasteiger partial charge in [0.25, 0.3) is 0 Å². The summed E-state index contributed by atoms with van der Waals surface area (Å²) in [5, 5.41) is 8.98. The minimum Gasteiger partial charge on any atom is -0.389 e. The lowest BCUT2D eigenvalue weighted by Crippen LogP contribution is -1.97. The molecule has 58 valence electrons. The average molecular weight is 142 g/mol. The summed E-state index contributed by atoms with van der Waals surface area (Å²) in [6.07, 6.45) is 6.12. The van der Waals surface area contributed by atoms with E-state index in [1.807, 2.05) is 13.0 Å². The van der Waals surface area contributed by atoms with Crippen LogP contribution in [0.25, 0.3) is 0 Å². The van der Waals surface area contributed by atoms with E-state index in [1.54, 1.807) is 6.08 Å². The minimum atomic E-state index is -0.341. The van der Waals surface area contributed by atoms with Crippen LogP contribution in [0.4, 0.5) is 0 Å². The van der Waals surface area contributed by atoms with Crippen molar-refractivity contribution in [1.82, 2.24) is 0 Å². The predicted octanol–water partition coefficient (Wildman–Crippen LogP) is 1.29. The van der Waals surface area contributed by atoms with Crippen molar-refractivity contribution in [3.8, 4) is 0 Å². The summed E-state index contributed by atoms with van der Waals surface area (Å²) in [7, 11) is 0. The van der Waals surface area contributed by atoms with Crippen molar-refractivity contribution >= 4 is 6.29 Å². The van der Waals surface area contributed by atoms with Crippen molar-refractivity contribution in [2.45, 2.75) is 32.3 Å². The van der Waals surface area contributed by atoms with Gasteiger partial charge in [-0.25, -0.2) is 0 Å². The molecule has 0 spiro atoms. The number of aldehydes is 1. The smallest absolute Gasteiger partial charge is 0.120 e. The first kappa shape index (κ1) is 9.37. The highest BCUT2D eigenvalue weighted by molar-refractivity contribution is 5.49. The molecule has 0 heterocycles. The molecule has 0 aliphatic heterocycles. The Morgan fingerprint density at radius 3 is 2.70 bits per heavy atom. The van der Waals surface area contributed by atoms with Crippen molar-refractivity contribution in [3.63, 3.8) is 0 Å². The van der Waals surface area contributed by atoms with E-state index in [1.165, 1.54) is 0 Å². The van der Waals surface area contributed by atoms with Crippen molar-refractivity contribution in [2.75, 3.05) is 0 Å². The molecule has 10 heavy (non-hydrogen) atoms. The SMILES string of the molecule is CCC(O)/C=C/CCC=O. The molecule has 0 rings (SSSR count). The van der Waals surface area contributed by atoms with Gasteiger partial charge >= 0.3 is 0 Å². The lowest BCUT2D eigenvalue weighted by atomic mass is 10.2. The van der Waals surface area contributed by atoms with E-state index in [0.29, 0.717) is 6.42 Å². The van der Waals surface area contributed by atoms with Crippen LogP contribution in [0.3, 0.4) is 0 Å². The topological polar surface area (TPSA) is 37.3 Å². The third-order valence-corrected chi connectivity index (χ3v) is 1.23. The summed E-state index contributed by atoms with van der Waals surface area (Å²) in [5.74, 6) is 0. The second kappa shape index (κ2) is 6.49. The van der Waals surface area contributed by atoms with Gasteiger partial charge in [-0.05, 0) is 12.8 Å². The second-order valence-corrected chi connectivity index (χ2v) is 2.15. The van der Waals surface area contributed by atoms with E-state index in [-0.39, 0.29) is 6.10 Å². The Balaban J connectivity index is 3.26. The molecule has 0 aliphatic carbocycles. The third-order valence-electron chi connectivity index (χ3n) is 1.23. The van der Waals surface area contributed by atoms with Gasteiger partial charge in [0.2, 0.25) is 0 Å². The molecule has 1 N–H and O–H groups in total. The van der Waals surface area contributed by atoms with Crippen LogP contribution in [-0.4, -0.2) is 17.5 Å². The summed E-state index contributed by atoms with van der Waals surface area (Å²) in [5.41, 5.74) is 0. The number of hydrogen-bond acceptors (Lipinski definition) is 2. The second-order valence-electron chi connectivity index (χ2n) is 2.15. The summed E-state index contributed by atoms with van der Waals surface area (Å²) in [6.45, 7) is 1.91. The van der Waals surface area contributed by atoms with Crippen LogP contribution >= 0.6 is 0 Å². The van der Waals surface area contributed by atoms with Gasteiger partial charge in [-0.2, -0.15) is 0 Å². The fraction of sp³-hybridized carbons (Fsp3) is 0.625. The first-order chi connectivity index (χ1) is 4.81. The largest absolute Gasteiger partial charge is 0.389 e. The molecule has 0 aliphatic rings. The van der Waals surface area contributed by atoms with Gasteiger partial charge in [-0.1, -0.05) is 19.1 Å². The molecule has 0 bridgehead atoms. The van der Waals surface area contributed by atoms with Gasteiger partial charge in [0.1, 0.15) is 6.29 Å². The Kier molecular flexibility index (Phi) is 6.08. The van der Waals surface area contributed by atoms with Crippen LogP contribution in [-0.2, 0) is 4.79 Å². The Morgan fingerprint density at radius 1 is 1.50 bits per heavy atom. The number of hydrogen-bond donors (Lipinski definition) is 1. The molecule has 0 saturated heterocycles. The number of carbonyl (C=O) groups is 1. The summed E-state index contributed by atoms with van der Waals surface area (Å²) in [6, 6.07) is 0. The first-order valence-electron chi connectivity index (χ1n) is 3.59. The van der Waals surface area contributed by atoms with Crippen LogP contribution in [0.5, 0.6) is 0 Å². The zero-order valence-corrected chi connectivity index (χ0v) is 6.29. The van der Waals surface area contributed by atoms with Crippen LogP contribution in [0.15, 0.2) is 12.2 Å². The van der Waals surface area contributed by atoms with Gasteiger partial charge in [0.05, 0.1) is 6.10 Å². The Morgan fingerprint density at radius 2 is 2.20 bits per heavy atom. The third kappa shape index (κ3) is 5.51. The van der Waals surface area contributed by atoms with Gasteiger partial charge < -0.3 is 9.90 Å². The number of aliphatic hydroxyl groups excluding tert-OH is 1. The van der Waals surface area contributed by atoms with Crippen LogP contribution in [0.2, 0.25) is 0 Å². The van der Waals surface area contributed by atoms with Crippen LogP contribution < -0.4 is 0 Å². The van der Waals surface area contributed by atoms with Crippen molar-refractivity contribution in [1.29, 1.82) is 0 Å². The van der Waals surface area contributed by atoms with E-state index in [0.717, 1.165) is 19.1 Å². The molecular formula is C8H14O2. The molecule has 0 aromatic heterocycles. The van der Waals surface area contributed by atoms with Crippen molar-refractivity contribution < 1.29 is 9.90 Å². The zero-order chi connectivity index (χ0) is 7.82. The molecule has 0 aromatic carbocycles. The Hall–Kier alpha value is -0.630. The van der Waals surface area contributed by atoms with Gasteiger partial charge in [-0.15, -0.1) is 0 Å². The highest BCUT2D eigenvalue weighted by atomic mass is 16.3. The molecule has 2 heteroatoms. The normalized spacial score (nSPS) is 13.8. The van der Waals surface area contributed by atoms with Crippen LogP contribution in [0, 0.1) is 0 Å². The molecular weight excluding hydrogens is 128 g/mol. The van der Waals surface area contributed by atoms with E-state index in [9.17, 15) is 4.79 Å². The fourth-order valence-electron chi connectivity index (χ4n) is 0.554. The van der Waals surface area contributed by atoms with E-state index in [4.69, 9.17) is 5.11 Å². The summed E-state index contributed by atoms with van der Waals surface area (Å²) >= 11 is 0. The maximum absolute atomic E-state index is 9.82. The molecule has 0 fully saturated rings. The summed E-state index contributed by atoms with van der Waals surface area (Å²) < 4.78 is 0. The maximum Gasteiger partial charge on any atom is 0.120 e.